The van der Waals surface area contributed by atoms with Gasteiger partial charge in [0.1, 0.15) is 23.0 Å². The minimum Gasteiger partial charge on any atom is -0.457 e. The molecule has 0 aliphatic heterocycles. The van der Waals surface area contributed by atoms with E-state index in [9.17, 15) is 35.9 Å². The second-order valence-corrected chi connectivity index (χ2v) is 6.93. The zero-order valence-corrected chi connectivity index (χ0v) is 17.7. The number of alkyl halides is 5. The highest BCUT2D eigenvalue weighted by molar-refractivity contribution is 5.99. The Morgan fingerprint density at radius 3 is 2.14 bits per heavy atom. The van der Waals surface area contributed by atoms with E-state index in [1.54, 1.807) is 0 Å². The maximum atomic E-state index is 14.4. The summed E-state index contributed by atoms with van der Waals surface area (Å²) in [4.78, 5) is 27.6. The Balaban J connectivity index is 1.64. The number of carbonyl (C=O) groups excluding carboxylic acids is 2. The zero-order valence-electron chi connectivity index (χ0n) is 17.7. The number of benzene rings is 2. The molecule has 0 saturated carbocycles. The van der Waals surface area contributed by atoms with Crippen LogP contribution < -0.4 is 20.7 Å². The molecular weight excluding hydrogens is 482 g/mol. The van der Waals surface area contributed by atoms with Crippen LogP contribution in [0.25, 0.3) is 0 Å². The zero-order chi connectivity index (χ0) is 25.8. The standard InChI is InChI=1S/C22H16F6N4O3/c1-29-19(33)18-11-15(8-9-30-18)35-14-6-7-17(16(23)10-14)32-20(34)31-13-4-2-12(3-5-13)21(24,25)22(26,27)28/h2-11H,1H3,(H,29,33)(H2,31,32,34). The Kier molecular flexibility index (Phi) is 7.17. The molecule has 0 radical (unpaired) electrons. The first-order chi connectivity index (χ1) is 16.4. The van der Waals surface area contributed by atoms with Gasteiger partial charge in [0.25, 0.3) is 5.91 Å². The Hall–Kier alpha value is -4.29. The molecular formula is C22H16F6N4O3. The monoisotopic (exact) mass is 498 g/mol. The highest BCUT2D eigenvalue weighted by Gasteiger charge is 2.58. The van der Waals surface area contributed by atoms with Gasteiger partial charge in [-0.1, -0.05) is 12.1 Å². The Labute approximate surface area is 194 Å². The van der Waals surface area contributed by atoms with Gasteiger partial charge in [-0.25, -0.2) is 9.18 Å². The summed E-state index contributed by atoms with van der Waals surface area (Å²) in [7, 11) is 1.43. The topological polar surface area (TPSA) is 92.4 Å². The third kappa shape index (κ3) is 5.99. The van der Waals surface area contributed by atoms with Crippen LogP contribution in [0.3, 0.4) is 0 Å². The average Bonchev–Trinajstić information content (AvgIpc) is 2.80. The summed E-state index contributed by atoms with van der Waals surface area (Å²) in [5.74, 6) is -6.14. The van der Waals surface area contributed by atoms with Crippen molar-refractivity contribution in [3.8, 4) is 11.5 Å². The van der Waals surface area contributed by atoms with Crippen molar-refractivity contribution in [1.29, 1.82) is 0 Å². The van der Waals surface area contributed by atoms with E-state index in [1.165, 1.54) is 37.5 Å². The molecule has 0 saturated heterocycles. The maximum absolute atomic E-state index is 14.4. The number of nitrogens with zero attached hydrogens (tertiary/aromatic N) is 1. The molecule has 7 nitrogen and oxygen atoms in total. The van der Waals surface area contributed by atoms with Gasteiger partial charge < -0.3 is 20.7 Å². The molecule has 184 valence electrons. The third-order valence-corrected chi connectivity index (χ3v) is 4.48. The van der Waals surface area contributed by atoms with Crippen LogP contribution in [0.15, 0.2) is 60.8 Å². The van der Waals surface area contributed by atoms with Crippen LogP contribution >= 0.6 is 0 Å². The van der Waals surface area contributed by atoms with E-state index in [4.69, 9.17) is 4.74 Å². The molecule has 1 aromatic heterocycles. The quantitative estimate of drug-likeness (QED) is 0.382. The number of amides is 3. The van der Waals surface area contributed by atoms with Crippen LogP contribution in [-0.4, -0.2) is 30.1 Å². The smallest absolute Gasteiger partial charge is 0.457 e. The van der Waals surface area contributed by atoms with E-state index in [-0.39, 0.29) is 28.6 Å². The summed E-state index contributed by atoms with van der Waals surface area (Å²) >= 11 is 0. The first-order valence-electron chi connectivity index (χ1n) is 9.69. The molecule has 1 heterocycles. The number of hydrogen-bond acceptors (Lipinski definition) is 4. The van der Waals surface area contributed by atoms with Gasteiger partial charge in [-0.15, -0.1) is 0 Å². The third-order valence-electron chi connectivity index (χ3n) is 4.48. The van der Waals surface area contributed by atoms with Gasteiger partial charge >= 0.3 is 18.1 Å². The highest BCUT2D eigenvalue weighted by atomic mass is 19.4. The van der Waals surface area contributed by atoms with E-state index >= 15 is 0 Å². The molecule has 0 bridgehead atoms. The van der Waals surface area contributed by atoms with Crippen LogP contribution in [0.1, 0.15) is 16.1 Å². The number of urea groups is 1. The normalized spacial score (nSPS) is 11.5. The van der Waals surface area contributed by atoms with Crippen LogP contribution in [0.2, 0.25) is 0 Å². The molecule has 0 atom stereocenters. The summed E-state index contributed by atoms with van der Waals surface area (Å²) in [5.41, 5.74) is -1.59. The lowest BCUT2D eigenvalue weighted by Crippen LogP contribution is -2.33. The van der Waals surface area contributed by atoms with Crippen molar-refractivity contribution in [2.75, 3.05) is 17.7 Å². The molecule has 35 heavy (non-hydrogen) atoms. The molecule has 0 unspecified atom stereocenters. The van der Waals surface area contributed by atoms with Crippen LogP contribution in [-0.2, 0) is 5.92 Å². The van der Waals surface area contributed by atoms with Crippen molar-refractivity contribution < 1.29 is 40.7 Å². The van der Waals surface area contributed by atoms with Crippen LogP contribution in [0, 0.1) is 5.82 Å². The molecule has 3 rings (SSSR count). The van der Waals surface area contributed by atoms with E-state index in [1.807, 2.05) is 0 Å². The maximum Gasteiger partial charge on any atom is 0.458 e. The van der Waals surface area contributed by atoms with Gasteiger partial charge in [0, 0.05) is 36.6 Å². The number of rotatable bonds is 6. The summed E-state index contributed by atoms with van der Waals surface area (Å²) in [5, 5.41) is 6.77. The molecule has 0 aliphatic carbocycles. The van der Waals surface area contributed by atoms with Crippen LogP contribution in [0.4, 0.5) is 42.5 Å². The fourth-order valence-corrected chi connectivity index (χ4v) is 2.73. The van der Waals surface area contributed by atoms with E-state index in [2.05, 4.69) is 20.9 Å². The minimum absolute atomic E-state index is 0.0451. The summed E-state index contributed by atoms with van der Waals surface area (Å²) in [6.07, 6.45) is -4.44. The second-order valence-electron chi connectivity index (χ2n) is 6.93. The number of halogens is 6. The molecule has 3 amide bonds. The molecule has 13 heteroatoms. The number of anilines is 2. The van der Waals surface area contributed by atoms with E-state index in [0.29, 0.717) is 12.1 Å². The first-order valence-corrected chi connectivity index (χ1v) is 9.69. The predicted octanol–water partition coefficient (Wildman–Crippen LogP) is 5.67. The lowest BCUT2D eigenvalue weighted by Gasteiger charge is -2.20. The number of nitrogens with one attached hydrogen (secondary N) is 3. The molecule has 0 fully saturated rings. The number of ether oxygens (including phenoxy) is 1. The van der Waals surface area contributed by atoms with Crippen molar-refractivity contribution in [2.45, 2.75) is 12.1 Å². The van der Waals surface area contributed by atoms with Crippen molar-refractivity contribution >= 4 is 23.3 Å². The van der Waals surface area contributed by atoms with Gasteiger partial charge in [0.2, 0.25) is 0 Å². The lowest BCUT2D eigenvalue weighted by atomic mass is 10.1. The van der Waals surface area contributed by atoms with Gasteiger partial charge in [0.15, 0.2) is 0 Å². The van der Waals surface area contributed by atoms with E-state index in [0.717, 1.165) is 18.2 Å². The predicted molar refractivity (Wildman–Crippen MR) is 113 cm³/mol. The minimum atomic E-state index is -5.77. The van der Waals surface area contributed by atoms with Crippen molar-refractivity contribution in [2.24, 2.45) is 0 Å². The van der Waals surface area contributed by atoms with Crippen molar-refractivity contribution in [3.05, 3.63) is 77.9 Å². The fourth-order valence-electron chi connectivity index (χ4n) is 2.73. The summed E-state index contributed by atoms with van der Waals surface area (Å²) in [6.45, 7) is 0. The van der Waals surface area contributed by atoms with Gasteiger partial charge in [-0.2, -0.15) is 22.0 Å². The summed E-state index contributed by atoms with van der Waals surface area (Å²) in [6, 6.07) is 8.01. The number of aromatic nitrogens is 1. The fraction of sp³-hybridized carbons (Fsp3) is 0.136. The summed E-state index contributed by atoms with van der Waals surface area (Å²) < 4.78 is 83.9. The number of hydrogen-bond donors (Lipinski definition) is 3. The Morgan fingerprint density at radius 2 is 1.54 bits per heavy atom. The number of pyridine rings is 1. The molecule has 3 N–H and O–H groups in total. The van der Waals surface area contributed by atoms with Crippen molar-refractivity contribution in [1.82, 2.24) is 10.3 Å². The van der Waals surface area contributed by atoms with Crippen molar-refractivity contribution in [3.63, 3.8) is 0 Å². The van der Waals surface area contributed by atoms with Gasteiger partial charge in [0.05, 0.1) is 5.69 Å². The van der Waals surface area contributed by atoms with Gasteiger partial charge in [-0.05, 0) is 30.3 Å². The largest absolute Gasteiger partial charge is 0.458 e. The molecule has 3 aromatic rings. The molecule has 0 spiro atoms. The van der Waals surface area contributed by atoms with Crippen LogP contribution in [0.5, 0.6) is 11.5 Å². The average molecular weight is 498 g/mol. The SMILES string of the molecule is CNC(=O)c1cc(Oc2ccc(NC(=O)Nc3ccc(C(F)(F)C(F)(F)F)cc3)c(F)c2)ccn1. The molecule has 0 aliphatic rings. The van der Waals surface area contributed by atoms with Gasteiger partial charge in [-0.3, -0.25) is 9.78 Å². The Morgan fingerprint density at radius 1 is 0.886 bits per heavy atom. The second kappa shape index (κ2) is 9.91. The highest BCUT2D eigenvalue weighted by Crippen LogP contribution is 2.43. The first kappa shape index (κ1) is 25.3. The Bertz CT molecular complexity index is 1230. The van der Waals surface area contributed by atoms with E-state index < -0.39 is 35.4 Å². The lowest BCUT2D eigenvalue weighted by molar-refractivity contribution is -0.289. The number of carbonyl (C=O) groups is 2. The molecule has 2 aromatic carbocycles.